The minimum Gasteiger partial charge on any atom is -0.486 e. The monoisotopic (exact) mass is 343 g/mol. The predicted molar refractivity (Wildman–Crippen MR) is 92.8 cm³/mol. The van der Waals surface area contributed by atoms with E-state index in [2.05, 4.69) is 15.5 Å². The van der Waals surface area contributed by atoms with Crippen molar-refractivity contribution in [1.29, 1.82) is 0 Å². The second-order valence-electron chi connectivity index (χ2n) is 4.95. The minimum atomic E-state index is -0.387. The summed E-state index contributed by atoms with van der Waals surface area (Å²) in [6.07, 6.45) is 1.59. The third-order valence-corrected chi connectivity index (χ3v) is 3.99. The number of hydrogen-bond donors (Lipinski definition) is 1. The number of hydrogen-bond acceptors (Lipinski definition) is 5. The van der Waals surface area contributed by atoms with Crippen LogP contribution in [0.4, 0.5) is 4.39 Å². The van der Waals surface area contributed by atoms with Crippen molar-refractivity contribution in [3.63, 3.8) is 0 Å². The van der Waals surface area contributed by atoms with Crippen LogP contribution in [0.3, 0.4) is 0 Å². The molecule has 1 heterocycles. The van der Waals surface area contributed by atoms with E-state index in [1.54, 1.807) is 24.4 Å². The normalized spacial score (nSPS) is 15.9. The fraction of sp³-hybridized carbons (Fsp3) is 0.118. The average molecular weight is 343 g/mol. The number of thioether (sulfide) groups is 1. The quantitative estimate of drug-likeness (QED) is 0.671. The van der Waals surface area contributed by atoms with Crippen molar-refractivity contribution in [2.45, 2.75) is 6.61 Å². The van der Waals surface area contributed by atoms with Crippen molar-refractivity contribution in [2.75, 3.05) is 5.75 Å². The van der Waals surface area contributed by atoms with E-state index in [1.807, 2.05) is 24.3 Å². The van der Waals surface area contributed by atoms with E-state index in [0.717, 1.165) is 11.1 Å². The Hall–Kier alpha value is -2.67. The van der Waals surface area contributed by atoms with E-state index in [-0.39, 0.29) is 24.1 Å². The van der Waals surface area contributed by atoms with Crippen LogP contribution in [0, 0.1) is 5.82 Å². The summed E-state index contributed by atoms with van der Waals surface area (Å²) in [4.78, 5) is 11.0. The van der Waals surface area contributed by atoms with E-state index >= 15 is 0 Å². The molecule has 2 aromatic rings. The minimum absolute atomic E-state index is 0.0683. The lowest BCUT2D eigenvalue weighted by atomic mass is 10.1. The van der Waals surface area contributed by atoms with Gasteiger partial charge in [0.1, 0.15) is 6.61 Å². The zero-order chi connectivity index (χ0) is 16.8. The van der Waals surface area contributed by atoms with Gasteiger partial charge in [-0.3, -0.25) is 4.79 Å². The number of para-hydroxylation sites is 1. The van der Waals surface area contributed by atoms with Crippen molar-refractivity contribution < 1.29 is 13.9 Å². The van der Waals surface area contributed by atoms with Crippen LogP contribution in [0.1, 0.15) is 11.1 Å². The molecule has 7 heteroatoms. The second-order valence-corrected chi connectivity index (χ2v) is 5.91. The van der Waals surface area contributed by atoms with Gasteiger partial charge in [0.25, 0.3) is 0 Å². The lowest BCUT2D eigenvalue weighted by molar-refractivity contribution is -0.116. The van der Waals surface area contributed by atoms with E-state index in [0.29, 0.717) is 10.9 Å². The number of halogens is 1. The van der Waals surface area contributed by atoms with Gasteiger partial charge >= 0.3 is 0 Å². The molecule has 1 aliphatic heterocycles. The molecule has 0 spiro atoms. The number of amidine groups is 1. The van der Waals surface area contributed by atoms with Crippen LogP contribution in [0.15, 0.2) is 58.7 Å². The molecule has 24 heavy (non-hydrogen) atoms. The van der Waals surface area contributed by atoms with E-state index < -0.39 is 0 Å². The summed E-state index contributed by atoms with van der Waals surface area (Å²) in [5, 5.41) is 11.0. The second kappa shape index (κ2) is 7.74. The average Bonchev–Trinajstić information content (AvgIpc) is 3.00. The Labute approximate surface area is 142 Å². The zero-order valence-corrected chi connectivity index (χ0v) is 13.4. The first-order chi connectivity index (χ1) is 11.7. The summed E-state index contributed by atoms with van der Waals surface area (Å²) < 4.78 is 19.0. The van der Waals surface area contributed by atoms with Crippen LogP contribution in [-0.4, -0.2) is 23.0 Å². The molecular formula is C17H14FN3O2S. The Morgan fingerprint density at radius 1 is 1.25 bits per heavy atom. The standard InChI is InChI=1S/C17H14FN3O2S/c18-14-6-1-2-7-15(14)23-10-13-5-3-4-12(8-13)9-19-21-17-20-16(22)11-24-17/h1-9H,10-11H2,(H,20,21,22). The highest BCUT2D eigenvalue weighted by molar-refractivity contribution is 8.15. The molecule has 0 bridgehead atoms. The van der Waals surface area contributed by atoms with Gasteiger partial charge in [-0.25, -0.2) is 4.39 Å². The molecule has 1 aliphatic rings. The van der Waals surface area contributed by atoms with Gasteiger partial charge in [0.15, 0.2) is 16.7 Å². The SMILES string of the molecule is O=C1CSC(=NN=Cc2cccc(COc3ccccc3F)c2)N1. The van der Waals surface area contributed by atoms with Gasteiger partial charge in [-0.1, -0.05) is 42.1 Å². The Kier molecular flexibility index (Phi) is 5.22. The van der Waals surface area contributed by atoms with Gasteiger partial charge in [-0.15, -0.1) is 5.10 Å². The maximum Gasteiger partial charge on any atom is 0.236 e. The fourth-order valence-corrected chi connectivity index (χ4v) is 2.64. The van der Waals surface area contributed by atoms with Crippen LogP contribution in [0.25, 0.3) is 0 Å². The highest BCUT2D eigenvalue weighted by Crippen LogP contribution is 2.17. The number of carbonyl (C=O) groups excluding carboxylic acids is 1. The summed E-state index contributed by atoms with van der Waals surface area (Å²) in [5.74, 6) is 0.136. The van der Waals surface area contributed by atoms with Crippen LogP contribution in [-0.2, 0) is 11.4 Å². The number of carbonyl (C=O) groups is 1. The maximum atomic E-state index is 13.5. The molecular weight excluding hydrogens is 329 g/mol. The van der Waals surface area contributed by atoms with Crippen LogP contribution in [0.2, 0.25) is 0 Å². The molecule has 1 amide bonds. The Morgan fingerprint density at radius 3 is 2.92 bits per heavy atom. The molecule has 1 N–H and O–H groups in total. The molecule has 3 rings (SSSR count). The van der Waals surface area contributed by atoms with Gasteiger partial charge in [0, 0.05) is 0 Å². The van der Waals surface area contributed by atoms with Gasteiger partial charge in [0.05, 0.1) is 12.0 Å². The first kappa shape index (κ1) is 16.2. The maximum absolute atomic E-state index is 13.5. The molecule has 0 atom stereocenters. The van der Waals surface area contributed by atoms with Crippen LogP contribution < -0.4 is 10.1 Å². The van der Waals surface area contributed by atoms with Gasteiger partial charge in [-0.05, 0) is 29.3 Å². The van der Waals surface area contributed by atoms with Crippen molar-refractivity contribution in [3.8, 4) is 5.75 Å². The van der Waals surface area contributed by atoms with Crippen LogP contribution >= 0.6 is 11.8 Å². The third kappa shape index (κ3) is 4.42. The summed E-state index contributed by atoms with van der Waals surface area (Å²) in [6, 6.07) is 13.8. The molecule has 122 valence electrons. The van der Waals surface area contributed by atoms with Gasteiger partial charge < -0.3 is 10.1 Å². The zero-order valence-electron chi connectivity index (χ0n) is 12.6. The third-order valence-electron chi connectivity index (χ3n) is 3.12. The molecule has 1 saturated heterocycles. The predicted octanol–water partition coefficient (Wildman–Crippen LogP) is 2.96. The highest BCUT2D eigenvalue weighted by Gasteiger charge is 2.15. The lowest BCUT2D eigenvalue weighted by Gasteiger charge is -2.07. The van der Waals surface area contributed by atoms with E-state index in [1.165, 1.54) is 17.8 Å². The van der Waals surface area contributed by atoms with Crippen molar-refractivity contribution in [2.24, 2.45) is 10.2 Å². The lowest BCUT2D eigenvalue weighted by Crippen LogP contribution is -2.19. The smallest absolute Gasteiger partial charge is 0.236 e. The molecule has 1 fully saturated rings. The first-order valence-electron chi connectivity index (χ1n) is 7.21. The Balaban J connectivity index is 1.62. The largest absolute Gasteiger partial charge is 0.486 e. The summed E-state index contributed by atoms with van der Waals surface area (Å²) in [7, 11) is 0. The number of nitrogens with one attached hydrogen (secondary N) is 1. The molecule has 0 radical (unpaired) electrons. The van der Waals surface area contributed by atoms with Gasteiger partial charge in [0.2, 0.25) is 5.91 Å². The molecule has 5 nitrogen and oxygen atoms in total. The number of ether oxygens (including phenoxy) is 1. The number of amides is 1. The van der Waals surface area contributed by atoms with Gasteiger partial charge in [-0.2, -0.15) is 5.10 Å². The topological polar surface area (TPSA) is 63.0 Å². The molecule has 0 unspecified atom stereocenters. The Bertz CT molecular complexity index is 808. The molecule has 0 aromatic heterocycles. The molecule has 2 aromatic carbocycles. The molecule has 0 saturated carbocycles. The first-order valence-corrected chi connectivity index (χ1v) is 8.19. The highest BCUT2D eigenvalue weighted by atomic mass is 32.2. The van der Waals surface area contributed by atoms with Crippen molar-refractivity contribution in [3.05, 3.63) is 65.5 Å². The fourth-order valence-electron chi connectivity index (χ4n) is 2.01. The number of rotatable bonds is 5. The molecule has 0 aliphatic carbocycles. The Morgan fingerprint density at radius 2 is 2.12 bits per heavy atom. The summed E-state index contributed by atoms with van der Waals surface area (Å²) in [5.41, 5.74) is 1.72. The van der Waals surface area contributed by atoms with Crippen LogP contribution in [0.5, 0.6) is 5.75 Å². The van der Waals surface area contributed by atoms with Crippen molar-refractivity contribution in [1.82, 2.24) is 5.32 Å². The summed E-state index contributed by atoms with van der Waals surface area (Å²) >= 11 is 1.32. The summed E-state index contributed by atoms with van der Waals surface area (Å²) in [6.45, 7) is 0.253. The van der Waals surface area contributed by atoms with E-state index in [9.17, 15) is 9.18 Å². The number of nitrogens with zero attached hydrogens (tertiary/aromatic N) is 2. The van der Waals surface area contributed by atoms with Crippen molar-refractivity contribution >= 4 is 29.1 Å². The van der Waals surface area contributed by atoms with E-state index in [4.69, 9.17) is 4.74 Å². The number of benzene rings is 2.